The lowest BCUT2D eigenvalue weighted by Gasteiger charge is -2.30. The Bertz CT molecular complexity index is 320. The van der Waals surface area contributed by atoms with Gasteiger partial charge in [-0.3, -0.25) is 0 Å². The van der Waals surface area contributed by atoms with E-state index in [9.17, 15) is 13.2 Å². The van der Waals surface area contributed by atoms with Crippen LogP contribution in [0.4, 0.5) is 4.79 Å². The topological polar surface area (TPSA) is 92.5 Å². The van der Waals surface area contributed by atoms with Gasteiger partial charge < -0.3 is 10.2 Å². The fourth-order valence-corrected chi connectivity index (χ4v) is 2.52. The van der Waals surface area contributed by atoms with E-state index in [1.165, 1.54) is 0 Å². The highest BCUT2D eigenvalue weighted by molar-refractivity contribution is 7.89. The molecule has 7 heteroatoms. The molecule has 1 aliphatic heterocycles. The molecule has 0 bridgehead atoms. The van der Waals surface area contributed by atoms with E-state index < -0.39 is 15.3 Å². The predicted octanol–water partition coefficient (Wildman–Crippen LogP) is -0.531. The molecule has 0 aromatic carbocycles. The first kappa shape index (κ1) is 12.3. The summed E-state index contributed by atoms with van der Waals surface area (Å²) in [5.41, 5.74) is 0. The van der Waals surface area contributed by atoms with E-state index in [4.69, 9.17) is 5.14 Å². The molecule has 1 fully saturated rings. The van der Waals surface area contributed by atoms with E-state index in [0.717, 1.165) is 0 Å². The van der Waals surface area contributed by atoms with Crippen LogP contribution in [-0.2, 0) is 10.0 Å². The third-order valence-corrected chi connectivity index (χ3v) is 3.92. The third-order valence-electron chi connectivity index (χ3n) is 2.52. The summed E-state index contributed by atoms with van der Waals surface area (Å²) in [6.45, 7) is 3.32. The second-order valence-corrected chi connectivity index (χ2v) is 5.46. The van der Waals surface area contributed by atoms with Crippen molar-refractivity contribution in [3.05, 3.63) is 0 Å². The van der Waals surface area contributed by atoms with Gasteiger partial charge in [0.25, 0.3) is 0 Å². The van der Waals surface area contributed by atoms with Crippen molar-refractivity contribution in [3.8, 4) is 0 Å². The Hall–Kier alpha value is -0.820. The second-order valence-electron chi connectivity index (χ2n) is 3.61. The number of likely N-dealkylation sites (tertiary alicyclic amines) is 1. The zero-order chi connectivity index (χ0) is 11.5. The summed E-state index contributed by atoms with van der Waals surface area (Å²) in [7, 11) is -3.45. The number of carbonyl (C=O) groups excluding carboxylic acids is 1. The summed E-state index contributed by atoms with van der Waals surface area (Å²) in [4.78, 5) is 13.0. The maximum atomic E-state index is 11.4. The molecule has 0 aromatic rings. The minimum atomic E-state index is -3.45. The Kier molecular flexibility index (Phi) is 3.92. The zero-order valence-electron chi connectivity index (χ0n) is 8.77. The number of urea groups is 1. The number of hydrogen-bond acceptors (Lipinski definition) is 3. The van der Waals surface area contributed by atoms with E-state index in [-0.39, 0.29) is 6.03 Å². The molecule has 1 heterocycles. The SMILES string of the molecule is CCNC(=O)N1CCC(S(N)(=O)=O)CC1. The van der Waals surface area contributed by atoms with Gasteiger partial charge in [0.15, 0.2) is 0 Å². The molecule has 2 amide bonds. The standard InChI is InChI=1S/C8H17N3O3S/c1-2-10-8(12)11-5-3-7(4-6-11)15(9,13)14/h7H,2-6H2,1H3,(H,10,12)(H2,9,13,14). The predicted molar refractivity (Wildman–Crippen MR) is 56.8 cm³/mol. The van der Waals surface area contributed by atoms with E-state index >= 15 is 0 Å². The Balaban J connectivity index is 2.46. The van der Waals surface area contributed by atoms with Gasteiger partial charge in [0, 0.05) is 19.6 Å². The minimum Gasteiger partial charge on any atom is -0.338 e. The molecule has 1 saturated heterocycles. The number of carbonyl (C=O) groups is 1. The lowest BCUT2D eigenvalue weighted by molar-refractivity contribution is 0.187. The molecule has 0 saturated carbocycles. The number of nitrogens with one attached hydrogen (secondary N) is 1. The number of piperidine rings is 1. The summed E-state index contributed by atoms with van der Waals surface area (Å²) < 4.78 is 22.1. The number of nitrogens with two attached hydrogens (primary N) is 1. The summed E-state index contributed by atoms with van der Waals surface area (Å²) >= 11 is 0. The van der Waals surface area contributed by atoms with Crippen LogP contribution in [0.1, 0.15) is 19.8 Å². The minimum absolute atomic E-state index is 0.134. The van der Waals surface area contributed by atoms with E-state index in [0.29, 0.717) is 32.5 Å². The molecule has 3 N–H and O–H groups in total. The smallest absolute Gasteiger partial charge is 0.317 e. The number of rotatable bonds is 2. The quantitative estimate of drug-likeness (QED) is 0.673. The van der Waals surface area contributed by atoms with Crippen LogP contribution in [-0.4, -0.2) is 44.2 Å². The monoisotopic (exact) mass is 235 g/mol. The van der Waals surface area contributed by atoms with E-state index in [2.05, 4.69) is 5.32 Å². The molecule has 0 aliphatic carbocycles. The molecule has 88 valence electrons. The molecule has 0 unspecified atom stereocenters. The molecule has 0 radical (unpaired) electrons. The van der Waals surface area contributed by atoms with Gasteiger partial charge in [0.05, 0.1) is 5.25 Å². The van der Waals surface area contributed by atoms with Crippen molar-refractivity contribution in [2.45, 2.75) is 25.0 Å². The summed E-state index contributed by atoms with van der Waals surface area (Å²) in [5, 5.41) is 7.22. The van der Waals surface area contributed by atoms with Gasteiger partial charge in [-0.2, -0.15) is 0 Å². The fraction of sp³-hybridized carbons (Fsp3) is 0.875. The highest BCUT2D eigenvalue weighted by atomic mass is 32.2. The van der Waals surface area contributed by atoms with Crippen molar-refractivity contribution in [2.75, 3.05) is 19.6 Å². The first-order valence-corrected chi connectivity index (χ1v) is 6.60. The van der Waals surface area contributed by atoms with Crippen LogP contribution in [0.25, 0.3) is 0 Å². The third kappa shape index (κ3) is 3.35. The molecule has 0 atom stereocenters. The van der Waals surface area contributed by atoms with E-state index in [1.807, 2.05) is 6.92 Å². The van der Waals surface area contributed by atoms with Gasteiger partial charge in [-0.25, -0.2) is 18.4 Å². The summed E-state index contributed by atoms with van der Waals surface area (Å²) in [6.07, 6.45) is 0.853. The average molecular weight is 235 g/mol. The Morgan fingerprint density at radius 1 is 1.47 bits per heavy atom. The lowest BCUT2D eigenvalue weighted by atomic mass is 10.1. The van der Waals surface area contributed by atoms with Crippen LogP contribution in [0.15, 0.2) is 0 Å². The summed E-state index contributed by atoms with van der Waals surface area (Å²) in [5.74, 6) is 0. The Labute approximate surface area is 89.9 Å². The van der Waals surface area contributed by atoms with Gasteiger partial charge in [0.2, 0.25) is 10.0 Å². The van der Waals surface area contributed by atoms with Crippen molar-refractivity contribution in [2.24, 2.45) is 5.14 Å². The van der Waals surface area contributed by atoms with Crippen LogP contribution in [0.3, 0.4) is 0 Å². The number of amides is 2. The highest BCUT2D eigenvalue weighted by Gasteiger charge is 2.28. The molecule has 6 nitrogen and oxygen atoms in total. The van der Waals surface area contributed by atoms with Crippen molar-refractivity contribution in [1.82, 2.24) is 10.2 Å². The second kappa shape index (κ2) is 4.80. The molecular formula is C8H17N3O3S. The number of hydrogen-bond donors (Lipinski definition) is 2. The first-order valence-electron chi connectivity index (χ1n) is 4.99. The first-order chi connectivity index (χ1) is 6.95. The van der Waals surface area contributed by atoms with Crippen LogP contribution in [0.5, 0.6) is 0 Å². The Morgan fingerprint density at radius 3 is 2.40 bits per heavy atom. The van der Waals surface area contributed by atoms with Crippen molar-refractivity contribution < 1.29 is 13.2 Å². The largest absolute Gasteiger partial charge is 0.338 e. The van der Waals surface area contributed by atoms with Crippen molar-refractivity contribution in [3.63, 3.8) is 0 Å². The number of nitrogens with zero attached hydrogens (tertiary/aromatic N) is 1. The molecule has 1 aliphatic rings. The fourth-order valence-electron chi connectivity index (χ4n) is 1.65. The van der Waals surface area contributed by atoms with Gasteiger partial charge in [-0.1, -0.05) is 0 Å². The van der Waals surface area contributed by atoms with Crippen molar-refractivity contribution >= 4 is 16.1 Å². The maximum absolute atomic E-state index is 11.4. The van der Waals surface area contributed by atoms with Crippen LogP contribution in [0.2, 0.25) is 0 Å². The van der Waals surface area contributed by atoms with Gasteiger partial charge in [-0.15, -0.1) is 0 Å². The average Bonchev–Trinajstić information content (AvgIpc) is 2.17. The maximum Gasteiger partial charge on any atom is 0.317 e. The Morgan fingerprint density at radius 2 is 2.00 bits per heavy atom. The molecule has 0 aromatic heterocycles. The normalized spacial score (nSPS) is 18.9. The zero-order valence-corrected chi connectivity index (χ0v) is 9.59. The van der Waals surface area contributed by atoms with E-state index in [1.54, 1.807) is 4.90 Å². The van der Waals surface area contributed by atoms with Crippen LogP contribution < -0.4 is 10.5 Å². The van der Waals surface area contributed by atoms with Gasteiger partial charge >= 0.3 is 6.03 Å². The van der Waals surface area contributed by atoms with Gasteiger partial charge in [0.1, 0.15) is 0 Å². The lowest BCUT2D eigenvalue weighted by Crippen LogP contribution is -2.47. The summed E-state index contributed by atoms with van der Waals surface area (Å²) in [6, 6.07) is -0.134. The van der Waals surface area contributed by atoms with Crippen molar-refractivity contribution in [1.29, 1.82) is 0 Å². The molecule has 15 heavy (non-hydrogen) atoms. The number of primary sulfonamides is 1. The van der Waals surface area contributed by atoms with Gasteiger partial charge in [-0.05, 0) is 19.8 Å². The van der Waals surface area contributed by atoms with Crippen LogP contribution in [0, 0.1) is 0 Å². The molecular weight excluding hydrogens is 218 g/mol. The molecule has 1 rings (SSSR count). The van der Waals surface area contributed by atoms with Crippen LogP contribution >= 0.6 is 0 Å². The molecule has 0 spiro atoms. The highest BCUT2D eigenvalue weighted by Crippen LogP contribution is 2.15. The number of sulfonamides is 1.